The zero-order valence-corrected chi connectivity index (χ0v) is 11.3. The van der Waals surface area contributed by atoms with Crippen LogP contribution in [0, 0.1) is 11.6 Å². The molecule has 0 N–H and O–H groups in total. The monoisotopic (exact) mass is 296 g/mol. The number of ether oxygens (including phenoxy) is 1. The molecule has 0 fully saturated rings. The van der Waals surface area contributed by atoms with Crippen molar-refractivity contribution in [1.82, 2.24) is 0 Å². The van der Waals surface area contributed by atoms with Gasteiger partial charge >= 0.3 is 0 Å². The summed E-state index contributed by atoms with van der Waals surface area (Å²) in [5.74, 6) is -3.13. The Morgan fingerprint density at radius 1 is 1.20 bits per heavy atom. The number of carbonyl (C=O) groups is 1. The summed E-state index contributed by atoms with van der Waals surface area (Å²) in [5.41, 5.74) is 0.549. The number of hydrogen-bond acceptors (Lipinski definition) is 2. The number of hydrogen-bond donors (Lipinski definition) is 0. The standard InChI is InChI=1S/C15H11ClF2O2/c1-20-12-8-10(7-11(17)14(12)18)15(19)13(16)9-5-3-2-4-6-9/h2-8,13H,1H3. The zero-order valence-electron chi connectivity index (χ0n) is 10.6. The minimum atomic E-state index is -1.15. The van der Waals surface area contributed by atoms with Gasteiger partial charge in [-0.25, -0.2) is 4.39 Å². The molecule has 2 rings (SSSR count). The van der Waals surface area contributed by atoms with Gasteiger partial charge < -0.3 is 4.74 Å². The summed E-state index contributed by atoms with van der Waals surface area (Å²) >= 11 is 6.07. The van der Waals surface area contributed by atoms with E-state index in [9.17, 15) is 13.6 Å². The van der Waals surface area contributed by atoms with Crippen LogP contribution in [-0.4, -0.2) is 12.9 Å². The second kappa shape index (κ2) is 6.01. The van der Waals surface area contributed by atoms with E-state index < -0.39 is 22.8 Å². The maximum atomic E-state index is 13.4. The Hall–Kier alpha value is -1.94. The fourth-order valence-electron chi connectivity index (χ4n) is 1.77. The molecule has 0 spiro atoms. The van der Waals surface area contributed by atoms with E-state index >= 15 is 0 Å². The van der Waals surface area contributed by atoms with Gasteiger partial charge in [0.2, 0.25) is 5.82 Å². The topological polar surface area (TPSA) is 26.3 Å². The van der Waals surface area contributed by atoms with E-state index in [1.807, 2.05) is 0 Å². The fourth-order valence-corrected chi connectivity index (χ4v) is 2.05. The summed E-state index contributed by atoms with van der Waals surface area (Å²) in [6.45, 7) is 0. The molecule has 0 aliphatic heterocycles. The molecule has 0 aromatic heterocycles. The second-order valence-electron chi connectivity index (χ2n) is 4.11. The molecule has 0 aliphatic carbocycles. The molecular weight excluding hydrogens is 286 g/mol. The van der Waals surface area contributed by atoms with Crippen molar-refractivity contribution in [3.8, 4) is 5.75 Å². The van der Waals surface area contributed by atoms with Crippen LogP contribution >= 0.6 is 11.6 Å². The summed E-state index contributed by atoms with van der Waals surface area (Å²) in [6.07, 6.45) is 0. The molecule has 20 heavy (non-hydrogen) atoms. The van der Waals surface area contributed by atoms with E-state index in [2.05, 4.69) is 0 Å². The molecule has 1 unspecified atom stereocenters. The van der Waals surface area contributed by atoms with Crippen LogP contribution in [0.1, 0.15) is 21.3 Å². The molecular formula is C15H11ClF2O2. The van der Waals surface area contributed by atoms with Crippen molar-refractivity contribution in [2.24, 2.45) is 0 Å². The van der Waals surface area contributed by atoms with E-state index in [4.69, 9.17) is 16.3 Å². The lowest BCUT2D eigenvalue weighted by Gasteiger charge is -2.11. The number of ketones is 1. The Labute approximate surface area is 119 Å². The average Bonchev–Trinajstić information content (AvgIpc) is 2.49. The van der Waals surface area contributed by atoms with Gasteiger partial charge in [-0.1, -0.05) is 30.3 Å². The maximum Gasteiger partial charge on any atom is 0.200 e. The van der Waals surface area contributed by atoms with Gasteiger partial charge in [0.05, 0.1) is 7.11 Å². The lowest BCUT2D eigenvalue weighted by molar-refractivity contribution is 0.0986. The second-order valence-corrected chi connectivity index (χ2v) is 4.55. The number of halogens is 3. The van der Waals surface area contributed by atoms with E-state index in [1.54, 1.807) is 30.3 Å². The maximum absolute atomic E-state index is 13.4. The normalized spacial score (nSPS) is 12.0. The molecule has 5 heteroatoms. The third-order valence-corrected chi connectivity index (χ3v) is 3.27. The predicted octanol–water partition coefficient (Wildman–Crippen LogP) is 4.14. The Kier molecular flexibility index (Phi) is 4.35. The van der Waals surface area contributed by atoms with Crippen LogP contribution in [-0.2, 0) is 0 Å². The highest BCUT2D eigenvalue weighted by molar-refractivity contribution is 6.33. The first-order chi connectivity index (χ1) is 9.54. The lowest BCUT2D eigenvalue weighted by atomic mass is 10.0. The minimum Gasteiger partial charge on any atom is -0.494 e. The van der Waals surface area contributed by atoms with Crippen LogP contribution < -0.4 is 4.74 Å². The van der Waals surface area contributed by atoms with Crippen molar-refractivity contribution >= 4 is 17.4 Å². The number of methoxy groups -OCH3 is 1. The van der Waals surface area contributed by atoms with Gasteiger partial charge in [-0.2, -0.15) is 4.39 Å². The quantitative estimate of drug-likeness (QED) is 0.626. The molecule has 0 saturated heterocycles. The van der Waals surface area contributed by atoms with E-state index in [1.165, 1.54) is 7.11 Å². The van der Waals surface area contributed by atoms with Gasteiger partial charge in [0.1, 0.15) is 5.38 Å². The number of benzene rings is 2. The van der Waals surface area contributed by atoms with E-state index in [0.717, 1.165) is 12.1 Å². The van der Waals surface area contributed by atoms with Crippen LogP contribution in [0.5, 0.6) is 5.75 Å². The molecule has 2 aromatic rings. The summed E-state index contributed by atoms with van der Waals surface area (Å²) in [5, 5.41) is -0.967. The Morgan fingerprint density at radius 3 is 2.45 bits per heavy atom. The van der Waals surface area contributed by atoms with Crippen LogP contribution in [0.15, 0.2) is 42.5 Å². The van der Waals surface area contributed by atoms with Gasteiger partial charge in [-0.05, 0) is 17.7 Å². The molecule has 0 heterocycles. The van der Waals surface area contributed by atoms with E-state index in [-0.39, 0.29) is 11.3 Å². The highest BCUT2D eigenvalue weighted by Crippen LogP contribution is 2.28. The molecule has 104 valence electrons. The molecule has 0 amide bonds. The Balaban J connectivity index is 2.37. The summed E-state index contributed by atoms with van der Waals surface area (Å²) in [4.78, 5) is 12.2. The van der Waals surface area contributed by atoms with Gasteiger partial charge in [-0.15, -0.1) is 11.6 Å². The summed E-state index contributed by atoms with van der Waals surface area (Å²) in [6, 6.07) is 10.6. The van der Waals surface area contributed by atoms with Crippen molar-refractivity contribution in [3.05, 3.63) is 65.2 Å². The van der Waals surface area contributed by atoms with Crippen molar-refractivity contribution in [3.63, 3.8) is 0 Å². The van der Waals surface area contributed by atoms with Crippen molar-refractivity contribution in [2.75, 3.05) is 7.11 Å². The third kappa shape index (κ3) is 2.80. The molecule has 2 aromatic carbocycles. The Morgan fingerprint density at radius 2 is 1.85 bits per heavy atom. The van der Waals surface area contributed by atoms with Crippen LogP contribution in [0.4, 0.5) is 8.78 Å². The fraction of sp³-hybridized carbons (Fsp3) is 0.133. The van der Waals surface area contributed by atoms with Crippen molar-refractivity contribution in [2.45, 2.75) is 5.38 Å². The first kappa shape index (κ1) is 14.5. The van der Waals surface area contributed by atoms with E-state index in [0.29, 0.717) is 5.56 Å². The first-order valence-corrected chi connectivity index (χ1v) is 6.24. The molecule has 1 atom stereocenters. The number of carbonyl (C=O) groups excluding carboxylic acids is 1. The molecule has 0 saturated carbocycles. The van der Waals surface area contributed by atoms with Gasteiger partial charge in [0.25, 0.3) is 0 Å². The van der Waals surface area contributed by atoms with Crippen LogP contribution in [0.25, 0.3) is 0 Å². The highest BCUT2D eigenvalue weighted by Gasteiger charge is 2.22. The summed E-state index contributed by atoms with van der Waals surface area (Å²) in [7, 11) is 1.20. The first-order valence-electron chi connectivity index (χ1n) is 5.81. The smallest absolute Gasteiger partial charge is 0.200 e. The third-order valence-electron chi connectivity index (χ3n) is 2.82. The Bertz CT molecular complexity index is 629. The SMILES string of the molecule is COc1cc(C(=O)C(Cl)c2ccccc2)cc(F)c1F. The molecule has 0 aliphatic rings. The average molecular weight is 297 g/mol. The van der Waals surface area contributed by atoms with Crippen LogP contribution in [0.2, 0.25) is 0 Å². The number of Topliss-reactive ketones (excluding diaryl/α,β-unsaturated/α-hetero) is 1. The van der Waals surface area contributed by atoms with Gasteiger partial charge in [0, 0.05) is 5.56 Å². The van der Waals surface area contributed by atoms with Crippen LogP contribution in [0.3, 0.4) is 0 Å². The summed E-state index contributed by atoms with van der Waals surface area (Å²) < 4.78 is 31.4. The minimum absolute atomic E-state index is 0.0374. The zero-order chi connectivity index (χ0) is 14.7. The van der Waals surface area contributed by atoms with Gasteiger partial charge in [0.15, 0.2) is 17.3 Å². The number of alkyl halides is 1. The molecule has 0 bridgehead atoms. The van der Waals surface area contributed by atoms with Gasteiger partial charge in [-0.3, -0.25) is 4.79 Å². The molecule has 0 radical (unpaired) electrons. The highest BCUT2D eigenvalue weighted by atomic mass is 35.5. The largest absolute Gasteiger partial charge is 0.494 e. The number of rotatable bonds is 4. The molecule has 2 nitrogen and oxygen atoms in total. The lowest BCUT2D eigenvalue weighted by Crippen LogP contribution is -2.09. The van der Waals surface area contributed by atoms with Crippen molar-refractivity contribution in [1.29, 1.82) is 0 Å². The van der Waals surface area contributed by atoms with Crippen molar-refractivity contribution < 1.29 is 18.3 Å². The predicted molar refractivity (Wildman–Crippen MR) is 72.3 cm³/mol.